The number of rotatable bonds is 32. The zero-order valence-corrected chi connectivity index (χ0v) is 29.4. The first-order chi connectivity index (χ1) is 22.1. The summed E-state index contributed by atoms with van der Waals surface area (Å²) in [7, 11) is -4.94. The molecule has 0 aromatic carbocycles. The largest absolute Gasteiger partial charge is 0.756 e. The third-order valence-electron chi connectivity index (χ3n) is 7.20. The third-order valence-corrected chi connectivity index (χ3v) is 8.13. The predicted molar refractivity (Wildman–Crippen MR) is 174 cm³/mol. The van der Waals surface area contributed by atoms with Crippen LogP contribution >= 0.6 is 7.82 Å². The monoisotopic (exact) mass is 674 g/mol. The third kappa shape index (κ3) is 29.4. The molecule has 0 spiro atoms. The van der Waals surface area contributed by atoms with Crippen LogP contribution in [0.2, 0.25) is 0 Å². The van der Waals surface area contributed by atoms with E-state index in [0.717, 1.165) is 51.4 Å². The lowest BCUT2D eigenvalue weighted by Crippen LogP contribution is -2.70. The van der Waals surface area contributed by atoms with Gasteiger partial charge < -0.3 is 39.0 Å². The molecule has 0 aliphatic carbocycles. The van der Waals surface area contributed by atoms with Gasteiger partial charge in [-0.25, -0.2) is 0 Å². The highest BCUT2D eigenvalue weighted by molar-refractivity contribution is 7.45. The lowest BCUT2D eigenvalue weighted by Gasteiger charge is -2.26. The van der Waals surface area contributed by atoms with E-state index in [1.807, 2.05) is 0 Å². The average molecular weight is 675 g/mol. The normalized spacial score (nSPS) is 14.3. The molecule has 0 heterocycles. The second kappa shape index (κ2) is 30.3. The van der Waals surface area contributed by atoms with Crippen molar-refractivity contribution in [3.63, 3.8) is 0 Å². The number of allylic oxidation sites excluding steroid dienone is 4. The number of hydrogen-bond donors (Lipinski definition) is 1. The summed E-state index contributed by atoms with van der Waals surface area (Å²) in [5.74, 6) is -2.63. The number of hydrogen-bond acceptors (Lipinski definition) is 10. The van der Waals surface area contributed by atoms with Crippen LogP contribution in [-0.2, 0) is 37.5 Å². The fraction of sp³-hybridized carbons (Fsp3) is 0.794. The Morgan fingerprint density at radius 2 is 1.09 bits per heavy atom. The van der Waals surface area contributed by atoms with Gasteiger partial charge in [-0.3, -0.25) is 14.2 Å². The number of carbonyl (C=O) groups excluding carboxylic acids is 3. The van der Waals surface area contributed by atoms with Gasteiger partial charge in [-0.1, -0.05) is 89.5 Å². The molecule has 11 nitrogen and oxygen atoms in total. The highest BCUT2D eigenvalue weighted by atomic mass is 31.2. The molecule has 0 aliphatic heterocycles. The van der Waals surface area contributed by atoms with Crippen LogP contribution in [0.15, 0.2) is 24.3 Å². The lowest BCUT2D eigenvalue weighted by molar-refractivity contribution is -0.441. The van der Waals surface area contributed by atoms with Gasteiger partial charge in [0.15, 0.2) is 6.10 Å². The number of carboxylic acids is 1. The van der Waals surface area contributed by atoms with Crippen molar-refractivity contribution in [2.45, 2.75) is 154 Å². The van der Waals surface area contributed by atoms with Crippen LogP contribution in [0.1, 0.15) is 142 Å². The maximum Gasteiger partial charge on any atom is 0.306 e. The number of quaternary nitrogens is 1. The van der Waals surface area contributed by atoms with E-state index in [4.69, 9.17) is 14.0 Å². The molecule has 0 bridgehead atoms. The zero-order chi connectivity index (χ0) is 34.3. The summed E-state index contributed by atoms with van der Waals surface area (Å²) in [5, 5.41) is 10.8. The van der Waals surface area contributed by atoms with Gasteiger partial charge in [0.25, 0.3) is 7.82 Å². The summed E-state index contributed by atoms with van der Waals surface area (Å²) >= 11 is 0. The van der Waals surface area contributed by atoms with Gasteiger partial charge in [-0.05, 0) is 64.2 Å². The van der Waals surface area contributed by atoms with E-state index in [1.54, 1.807) is 0 Å². The van der Waals surface area contributed by atoms with Crippen LogP contribution < -0.4 is 15.7 Å². The second-order valence-corrected chi connectivity index (χ2v) is 13.1. The van der Waals surface area contributed by atoms with Crippen molar-refractivity contribution in [3.8, 4) is 0 Å². The first kappa shape index (κ1) is 44.0. The molecule has 1 unspecified atom stereocenters. The Kier molecular flexibility index (Phi) is 29.0. The van der Waals surface area contributed by atoms with Gasteiger partial charge in [-0.2, -0.15) is 0 Å². The number of phosphoric acid groups is 1. The van der Waals surface area contributed by atoms with Crippen LogP contribution in [0.3, 0.4) is 0 Å². The van der Waals surface area contributed by atoms with Gasteiger partial charge >= 0.3 is 11.9 Å². The van der Waals surface area contributed by atoms with Crippen molar-refractivity contribution in [2.75, 3.05) is 19.8 Å². The summed E-state index contributed by atoms with van der Waals surface area (Å²) in [6.07, 6.45) is 26.8. The van der Waals surface area contributed by atoms with Crippen molar-refractivity contribution in [2.24, 2.45) is 0 Å². The Hall–Kier alpha value is -2.04. The standard InChI is InChI=1S/C34H62NO10P/c1-3-5-7-9-11-13-15-17-19-21-23-25-32(36)42-27-30(28-43-46(40,41)44-29-31(35)34(38)39)45-33(37)26-24-22-20-18-16-14-12-10-8-6-4-2/h13-16,30-31H,3-12,17-29,35H2,1-2H3,(H,38,39)(H,40,41)/p-1/b15-13-,16-14-/t30-,31+/m1/s1. The van der Waals surface area contributed by atoms with E-state index < -0.39 is 51.1 Å². The Morgan fingerprint density at radius 1 is 0.652 bits per heavy atom. The minimum atomic E-state index is -4.94. The highest BCUT2D eigenvalue weighted by Gasteiger charge is 2.22. The Morgan fingerprint density at radius 3 is 1.54 bits per heavy atom. The molecule has 0 aromatic heterocycles. The van der Waals surface area contributed by atoms with Gasteiger partial charge in [0.2, 0.25) is 0 Å². The lowest BCUT2D eigenvalue weighted by atomic mass is 10.1. The van der Waals surface area contributed by atoms with Crippen LogP contribution in [-0.4, -0.2) is 49.9 Å². The Bertz CT molecular complexity index is 895. The van der Waals surface area contributed by atoms with Crippen molar-refractivity contribution in [1.29, 1.82) is 0 Å². The maximum atomic E-state index is 12.5. The Labute approximate surface area is 277 Å². The van der Waals surface area contributed by atoms with E-state index in [-0.39, 0.29) is 19.4 Å². The van der Waals surface area contributed by atoms with Crippen LogP contribution in [0.4, 0.5) is 0 Å². The first-order valence-electron chi connectivity index (χ1n) is 17.4. The maximum absolute atomic E-state index is 12.5. The molecular weight excluding hydrogens is 613 g/mol. The summed E-state index contributed by atoms with van der Waals surface area (Å²) in [4.78, 5) is 47.6. The molecule has 0 aliphatic rings. The number of carbonyl (C=O) groups is 3. The van der Waals surface area contributed by atoms with E-state index in [1.165, 1.54) is 51.4 Å². The molecule has 3 N–H and O–H groups in total. The quantitative estimate of drug-likeness (QED) is 0.0428. The van der Waals surface area contributed by atoms with E-state index in [0.29, 0.717) is 12.8 Å². The molecule has 12 heteroatoms. The zero-order valence-electron chi connectivity index (χ0n) is 28.5. The van der Waals surface area contributed by atoms with Crippen molar-refractivity contribution >= 4 is 25.7 Å². The predicted octanol–water partition coefficient (Wildman–Crippen LogP) is 5.26. The minimum absolute atomic E-state index is 0.124. The molecule has 0 saturated heterocycles. The molecule has 0 rings (SSSR count). The van der Waals surface area contributed by atoms with Crippen molar-refractivity contribution in [3.05, 3.63) is 24.3 Å². The van der Waals surface area contributed by atoms with E-state index >= 15 is 0 Å². The van der Waals surface area contributed by atoms with Gasteiger partial charge in [0.05, 0.1) is 6.61 Å². The fourth-order valence-corrected chi connectivity index (χ4v) is 5.13. The number of unbranched alkanes of at least 4 members (excludes halogenated alkanes) is 14. The summed E-state index contributed by atoms with van der Waals surface area (Å²) in [5.41, 5.74) is 3.22. The number of carboxylic acid groups (broad SMARTS) is 1. The molecular formula is C34H61NO10P-. The molecule has 0 radical (unpaired) electrons. The van der Waals surface area contributed by atoms with Gasteiger partial charge in [-0.15, -0.1) is 0 Å². The van der Waals surface area contributed by atoms with Crippen molar-refractivity contribution in [1.82, 2.24) is 0 Å². The highest BCUT2D eigenvalue weighted by Crippen LogP contribution is 2.38. The first-order valence-corrected chi connectivity index (χ1v) is 18.9. The molecule has 0 saturated carbocycles. The SMILES string of the molecule is CCCCCC/C=C\CCCCCC(=O)OC[C@H](COP(=O)([O-])OC[C@H]([NH3+])C(=O)[O-])OC(=O)CCCCC/C=C\CCCCCC. The van der Waals surface area contributed by atoms with Gasteiger partial charge in [0.1, 0.15) is 25.2 Å². The smallest absolute Gasteiger partial charge is 0.306 e. The number of aliphatic carboxylic acids is 1. The molecule has 0 fully saturated rings. The summed E-state index contributed by atoms with van der Waals surface area (Å²) in [6, 6.07) is -1.42. The molecule has 46 heavy (non-hydrogen) atoms. The summed E-state index contributed by atoms with van der Waals surface area (Å²) in [6.45, 7) is 2.58. The average Bonchev–Trinajstić information content (AvgIpc) is 3.02. The molecule has 268 valence electrons. The van der Waals surface area contributed by atoms with E-state index in [2.05, 4.69) is 48.4 Å². The molecule has 3 atom stereocenters. The second-order valence-electron chi connectivity index (χ2n) is 11.7. The van der Waals surface area contributed by atoms with Gasteiger partial charge in [0, 0.05) is 12.8 Å². The summed E-state index contributed by atoms with van der Waals surface area (Å²) < 4.78 is 32.0. The fourth-order valence-electron chi connectivity index (χ4n) is 4.35. The van der Waals surface area contributed by atoms with Crippen LogP contribution in [0.25, 0.3) is 0 Å². The van der Waals surface area contributed by atoms with E-state index in [9.17, 15) is 28.9 Å². The Balaban J connectivity index is 4.56. The minimum Gasteiger partial charge on any atom is -0.756 e. The van der Waals surface area contributed by atoms with Crippen molar-refractivity contribution < 1.29 is 53.2 Å². The van der Waals surface area contributed by atoms with Crippen LogP contribution in [0, 0.1) is 0 Å². The number of ether oxygens (including phenoxy) is 2. The van der Waals surface area contributed by atoms with Crippen LogP contribution in [0.5, 0.6) is 0 Å². The molecule has 0 amide bonds. The number of phosphoric ester groups is 1. The molecule has 0 aromatic rings. The topological polar surface area (TPSA) is 179 Å². The number of esters is 2.